The van der Waals surface area contributed by atoms with Gasteiger partial charge in [0.15, 0.2) is 0 Å². The van der Waals surface area contributed by atoms with E-state index in [2.05, 4.69) is 18.1 Å². The van der Waals surface area contributed by atoms with Crippen molar-refractivity contribution >= 4 is 29.8 Å². The fraction of sp³-hybridized carbons (Fsp3) is 0.348. The Morgan fingerprint density at radius 1 is 1.21 bits per heavy atom. The molecular formula is C23H28N4O2. The molecule has 29 heavy (non-hydrogen) atoms. The van der Waals surface area contributed by atoms with Crippen LogP contribution in [-0.4, -0.2) is 49.2 Å². The second-order valence-electron chi connectivity index (χ2n) is 6.96. The Balaban J connectivity index is 2.28. The van der Waals surface area contributed by atoms with Gasteiger partial charge in [-0.25, -0.2) is 4.98 Å². The molecule has 1 saturated heterocycles. The lowest BCUT2D eigenvalue weighted by Crippen LogP contribution is -2.38. The molecule has 3 rings (SSSR count). The van der Waals surface area contributed by atoms with Gasteiger partial charge in [0.1, 0.15) is 5.82 Å². The fourth-order valence-electron chi connectivity index (χ4n) is 3.51. The lowest BCUT2D eigenvalue weighted by atomic mass is 9.96. The summed E-state index contributed by atoms with van der Waals surface area (Å²) in [7, 11) is 1.75. The van der Waals surface area contributed by atoms with E-state index in [0.717, 1.165) is 27.9 Å². The van der Waals surface area contributed by atoms with Gasteiger partial charge >= 0.3 is 0 Å². The van der Waals surface area contributed by atoms with Gasteiger partial charge in [0, 0.05) is 37.7 Å². The van der Waals surface area contributed by atoms with Crippen LogP contribution in [0.5, 0.6) is 0 Å². The van der Waals surface area contributed by atoms with Crippen molar-refractivity contribution in [3.8, 4) is 11.3 Å². The summed E-state index contributed by atoms with van der Waals surface area (Å²) in [5, 5.41) is 0. The van der Waals surface area contributed by atoms with E-state index in [1.165, 1.54) is 0 Å². The second-order valence-corrected chi connectivity index (χ2v) is 6.96. The molecule has 1 aromatic carbocycles. The molecule has 2 aromatic rings. The average molecular weight is 393 g/mol. The number of rotatable bonds is 6. The summed E-state index contributed by atoms with van der Waals surface area (Å²) in [6, 6.07) is 6.07. The second kappa shape index (κ2) is 9.01. The molecule has 0 spiro atoms. The van der Waals surface area contributed by atoms with Crippen LogP contribution < -0.4 is 9.80 Å². The third kappa shape index (κ3) is 4.07. The van der Waals surface area contributed by atoms with Gasteiger partial charge in [-0.15, -0.1) is 0 Å². The normalized spacial score (nSPS) is 13.8. The minimum absolute atomic E-state index is 0.0149. The SMILES string of the molecule is C=Cc1c(C)cccc1-c1nc(N2CCOCC2)nc(N(C)C(=O)CC)c1C=C. The van der Waals surface area contributed by atoms with Gasteiger partial charge in [0.2, 0.25) is 11.9 Å². The van der Waals surface area contributed by atoms with Crippen molar-refractivity contribution in [3.05, 3.63) is 48.0 Å². The highest BCUT2D eigenvalue weighted by Gasteiger charge is 2.24. The van der Waals surface area contributed by atoms with Gasteiger partial charge < -0.3 is 9.64 Å². The molecule has 0 bridgehead atoms. The number of nitrogens with zero attached hydrogens (tertiary/aromatic N) is 4. The van der Waals surface area contributed by atoms with Crippen molar-refractivity contribution in [3.63, 3.8) is 0 Å². The lowest BCUT2D eigenvalue weighted by Gasteiger charge is -2.29. The first-order valence-corrected chi connectivity index (χ1v) is 9.87. The summed E-state index contributed by atoms with van der Waals surface area (Å²) in [5.74, 6) is 1.14. The monoisotopic (exact) mass is 392 g/mol. The molecule has 1 amide bonds. The maximum Gasteiger partial charge on any atom is 0.228 e. The van der Waals surface area contributed by atoms with E-state index in [1.54, 1.807) is 18.0 Å². The van der Waals surface area contributed by atoms with Gasteiger partial charge in [-0.05, 0) is 18.1 Å². The van der Waals surface area contributed by atoms with E-state index in [9.17, 15) is 4.79 Å². The van der Waals surface area contributed by atoms with Crippen LogP contribution in [0, 0.1) is 6.92 Å². The molecule has 0 N–H and O–H groups in total. The molecule has 2 heterocycles. The number of amides is 1. The molecule has 1 aliphatic rings. The van der Waals surface area contributed by atoms with Crippen LogP contribution in [-0.2, 0) is 9.53 Å². The third-order valence-electron chi connectivity index (χ3n) is 5.19. The van der Waals surface area contributed by atoms with Crippen molar-refractivity contribution < 1.29 is 9.53 Å². The van der Waals surface area contributed by atoms with Crippen molar-refractivity contribution in [2.75, 3.05) is 43.2 Å². The topological polar surface area (TPSA) is 58.6 Å². The van der Waals surface area contributed by atoms with E-state index in [0.29, 0.717) is 44.5 Å². The molecular weight excluding hydrogens is 364 g/mol. The van der Waals surface area contributed by atoms with E-state index < -0.39 is 0 Å². The van der Waals surface area contributed by atoms with Crippen molar-refractivity contribution in [2.45, 2.75) is 20.3 Å². The molecule has 0 aliphatic carbocycles. The first kappa shape index (κ1) is 20.7. The van der Waals surface area contributed by atoms with Crippen LogP contribution in [0.2, 0.25) is 0 Å². The predicted molar refractivity (Wildman–Crippen MR) is 119 cm³/mol. The number of carbonyl (C=O) groups is 1. The summed E-state index contributed by atoms with van der Waals surface area (Å²) in [6.07, 6.45) is 3.96. The smallest absolute Gasteiger partial charge is 0.228 e. The van der Waals surface area contributed by atoms with Crippen LogP contribution in [0.15, 0.2) is 31.4 Å². The Labute approximate surface area is 172 Å². The van der Waals surface area contributed by atoms with E-state index >= 15 is 0 Å². The Hall–Kier alpha value is -2.99. The molecule has 0 unspecified atom stereocenters. The lowest BCUT2D eigenvalue weighted by molar-refractivity contribution is -0.118. The number of aryl methyl sites for hydroxylation is 1. The van der Waals surface area contributed by atoms with Crippen LogP contribution in [0.4, 0.5) is 11.8 Å². The minimum Gasteiger partial charge on any atom is -0.378 e. The van der Waals surface area contributed by atoms with Crippen LogP contribution >= 0.6 is 0 Å². The Morgan fingerprint density at radius 2 is 1.90 bits per heavy atom. The number of morpholine rings is 1. The number of anilines is 2. The Kier molecular flexibility index (Phi) is 6.44. The zero-order chi connectivity index (χ0) is 21.0. The van der Waals surface area contributed by atoms with E-state index in [1.807, 2.05) is 38.1 Å². The predicted octanol–water partition coefficient (Wildman–Crippen LogP) is 3.95. The average Bonchev–Trinajstić information content (AvgIpc) is 2.77. The van der Waals surface area contributed by atoms with Gasteiger partial charge in [-0.3, -0.25) is 9.69 Å². The molecule has 0 saturated carbocycles. The number of benzene rings is 1. The van der Waals surface area contributed by atoms with Gasteiger partial charge in [0.05, 0.1) is 18.9 Å². The molecule has 1 aromatic heterocycles. The molecule has 6 heteroatoms. The number of carbonyl (C=O) groups excluding carboxylic acids is 1. The summed E-state index contributed by atoms with van der Waals surface area (Å²) in [4.78, 5) is 25.8. The first-order chi connectivity index (χ1) is 14.0. The van der Waals surface area contributed by atoms with Gasteiger partial charge in [-0.1, -0.05) is 50.4 Å². The van der Waals surface area contributed by atoms with E-state index in [4.69, 9.17) is 14.7 Å². The number of hydrogen-bond donors (Lipinski definition) is 0. The quantitative estimate of drug-likeness (QED) is 0.745. The van der Waals surface area contributed by atoms with Crippen molar-refractivity contribution in [2.24, 2.45) is 0 Å². The fourth-order valence-corrected chi connectivity index (χ4v) is 3.51. The summed E-state index contributed by atoms with van der Waals surface area (Å²) < 4.78 is 5.48. The third-order valence-corrected chi connectivity index (χ3v) is 5.19. The standard InChI is InChI=1S/C23H28N4O2/c1-6-17-16(4)10-9-11-19(17)21-18(7-2)22(26(5)20(28)8-3)25-23(24-21)27-12-14-29-15-13-27/h6-7,9-11H,1-2,8,12-15H2,3-5H3. The van der Waals surface area contributed by atoms with Crippen LogP contribution in [0.25, 0.3) is 23.4 Å². The zero-order valence-electron chi connectivity index (χ0n) is 17.4. The molecule has 1 aliphatic heterocycles. The highest BCUT2D eigenvalue weighted by molar-refractivity contribution is 5.96. The number of aromatic nitrogens is 2. The molecule has 6 nitrogen and oxygen atoms in total. The first-order valence-electron chi connectivity index (χ1n) is 9.87. The number of ether oxygens (including phenoxy) is 1. The molecule has 0 atom stereocenters. The van der Waals surface area contributed by atoms with Crippen LogP contribution in [0.1, 0.15) is 30.0 Å². The summed E-state index contributed by atoms with van der Waals surface area (Å²) in [5.41, 5.74) is 4.56. The highest BCUT2D eigenvalue weighted by atomic mass is 16.5. The molecule has 0 radical (unpaired) electrons. The summed E-state index contributed by atoms with van der Waals surface area (Å²) >= 11 is 0. The van der Waals surface area contributed by atoms with E-state index in [-0.39, 0.29) is 5.91 Å². The zero-order valence-corrected chi connectivity index (χ0v) is 17.4. The largest absolute Gasteiger partial charge is 0.378 e. The maximum atomic E-state index is 12.5. The number of hydrogen-bond acceptors (Lipinski definition) is 5. The van der Waals surface area contributed by atoms with Crippen molar-refractivity contribution in [1.82, 2.24) is 9.97 Å². The van der Waals surface area contributed by atoms with Crippen LogP contribution in [0.3, 0.4) is 0 Å². The Bertz CT molecular complexity index is 933. The highest BCUT2D eigenvalue weighted by Crippen LogP contribution is 2.35. The van der Waals surface area contributed by atoms with Gasteiger partial charge in [0.25, 0.3) is 0 Å². The maximum absolute atomic E-state index is 12.5. The molecule has 152 valence electrons. The summed E-state index contributed by atoms with van der Waals surface area (Å²) in [6.45, 7) is 14.5. The Morgan fingerprint density at radius 3 is 2.52 bits per heavy atom. The van der Waals surface area contributed by atoms with Crippen molar-refractivity contribution in [1.29, 1.82) is 0 Å². The van der Waals surface area contributed by atoms with Gasteiger partial charge in [-0.2, -0.15) is 4.98 Å². The molecule has 1 fully saturated rings. The minimum atomic E-state index is -0.0149.